The molecule has 0 bridgehead atoms. The van der Waals surface area contributed by atoms with Crippen LogP contribution in [0.15, 0.2) is 36.4 Å². The minimum atomic E-state index is 0.197. The molecule has 2 aromatic rings. The Morgan fingerprint density at radius 3 is 2.77 bits per heavy atom. The second-order valence-electron chi connectivity index (χ2n) is 2.78. The van der Waals surface area contributed by atoms with Crippen molar-refractivity contribution in [3.05, 3.63) is 41.4 Å². The zero-order valence-corrected chi connectivity index (χ0v) is 6.81. The van der Waals surface area contributed by atoms with Gasteiger partial charge in [-0.2, -0.15) is 0 Å². The molecule has 13 heavy (non-hydrogen) atoms. The summed E-state index contributed by atoms with van der Waals surface area (Å²) in [6.07, 6.45) is 0. The van der Waals surface area contributed by atoms with Crippen molar-refractivity contribution in [1.82, 2.24) is 0 Å². The van der Waals surface area contributed by atoms with Crippen molar-refractivity contribution in [1.29, 1.82) is 5.39 Å². The first-order valence-corrected chi connectivity index (χ1v) is 3.88. The maximum atomic E-state index is 9.47. The van der Waals surface area contributed by atoms with E-state index in [1.165, 1.54) is 0 Å². The number of rotatable bonds is 0. The molecule has 0 heterocycles. The topological polar surface area (TPSA) is 48.4 Å². The van der Waals surface area contributed by atoms with Crippen LogP contribution in [0.4, 0.5) is 5.69 Å². The molecule has 0 aromatic heterocycles. The van der Waals surface area contributed by atoms with Crippen LogP contribution < -0.4 is 0 Å². The van der Waals surface area contributed by atoms with Gasteiger partial charge in [-0.05, 0) is 17.5 Å². The molecule has 2 aromatic carbocycles. The molecule has 0 aliphatic carbocycles. The number of hydrogen-bond donors (Lipinski definition) is 1. The van der Waals surface area contributed by atoms with Crippen LogP contribution in [0.1, 0.15) is 0 Å². The minimum Gasteiger partial charge on any atom is -0.507 e. The van der Waals surface area contributed by atoms with Crippen molar-refractivity contribution in [2.75, 3.05) is 0 Å². The fourth-order valence-electron chi connectivity index (χ4n) is 1.31. The summed E-state index contributed by atoms with van der Waals surface area (Å²) in [5.41, 5.74) is 0.439. The van der Waals surface area contributed by atoms with Crippen LogP contribution in [0.25, 0.3) is 15.7 Å². The fourth-order valence-corrected chi connectivity index (χ4v) is 1.31. The molecule has 0 saturated carbocycles. The molecule has 0 aliphatic rings. The molecule has 3 nitrogen and oxygen atoms in total. The summed E-state index contributed by atoms with van der Waals surface area (Å²) in [5, 5.41) is 19.6. The number of aromatic hydroxyl groups is 1. The van der Waals surface area contributed by atoms with Gasteiger partial charge in [-0.15, -0.1) is 0 Å². The van der Waals surface area contributed by atoms with Gasteiger partial charge in [-0.25, -0.2) is 0 Å². The number of nitrogens with zero attached hydrogens (tertiary/aromatic N) is 2. The average molecular weight is 171 g/mol. The maximum absolute atomic E-state index is 9.47. The lowest BCUT2D eigenvalue weighted by atomic mass is 10.1. The van der Waals surface area contributed by atoms with Gasteiger partial charge in [-0.3, -0.25) is 0 Å². The highest BCUT2D eigenvalue weighted by atomic mass is 16.3. The Morgan fingerprint density at radius 2 is 2.00 bits per heavy atom. The molecule has 2 rings (SSSR count). The Bertz CT molecular complexity index is 500. The third-order valence-corrected chi connectivity index (χ3v) is 1.96. The zero-order chi connectivity index (χ0) is 9.26. The molecule has 0 amide bonds. The standard InChI is InChI=1S/C10H6N2O/c11-12-8-5-4-7-2-1-3-10(13)9(7)6-8/h1-6H/p+1. The summed E-state index contributed by atoms with van der Waals surface area (Å²) in [7, 11) is 0. The van der Waals surface area contributed by atoms with Gasteiger partial charge in [-0.1, -0.05) is 12.1 Å². The first kappa shape index (κ1) is 7.56. The summed E-state index contributed by atoms with van der Waals surface area (Å²) in [4.78, 5) is 3.05. The molecular formula is C10H7N2O+. The van der Waals surface area contributed by atoms with Crippen molar-refractivity contribution < 1.29 is 5.11 Å². The van der Waals surface area contributed by atoms with Gasteiger partial charge < -0.3 is 5.11 Å². The van der Waals surface area contributed by atoms with Gasteiger partial charge in [0, 0.05) is 17.5 Å². The largest absolute Gasteiger partial charge is 0.507 e. The minimum absolute atomic E-state index is 0.197. The smallest absolute Gasteiger partial charge is 0.385 e. The quantitative estimate of drug-likeness (QED) is 0.619. The molecule has 0 saturated heterocycles. The normalized spacial score (nSPS) is 9.77. The Labute approximate surface area is 74.9 Å². The highest BCUT2D eigenvalue weighted by Gasteiger charge is 2.06. The predicted octanol–water partition coefficient (Wildman–Crippen LogP) is 3.03. The molecule has 0 fully saturated rings. The lowest BCUT2D eigenvalue weighted by Gasteiger charge is -1.96. The van der Waals surface area contributed by atoms with Crippen LogP contribution in [0.5, 0.6) is 5.75 Å². The first-order chi connectivity index (χ1) is 6.31. The molecule has 0 spiro atoms. The summed E-state index contributed by atoms with van der Waals surface area (Å²) in [5.74, 6) is 0.197. The van der Waals surface area contributed by atoms with E-state index in [4.69, 9.17) is 5.39 Å². The number of fused-ring (bicyclic) bond motifs is 1. The van der Waals surface area contributed by atoms with E-state index in [0.29, 0.717) is 11.1 Å². The van der Waals surface area contributed by atoms with E-state index in [1.807, 2.05) is 6.07 Å². The van der Waals surface area contributed by atoms with E-state index >= 15 is 0 Å². The number of diazo groups is 1. The SMILES string of the molecule is N#[N+]c1ccc2cccc(O)c2c1. The number of hydrogen-bond acceptors (Lipinski definition) is 2. The van der Waals surface area contributed by atoms with E-state index in [0.717, 1.165) is 5.39 Å². The van der Waals surface area contributed by atoms with Crippen molar-refractivity contribution in [2.45, 2.75) is 0 Å². The van der Waals surface area contributed by atoms with Crippen LogP contribution >= 0.6 is 0 Å². The van der Waals surface area contributed by atoms with Gasteiger partial charge >= 0.3 is 5.69 Å². The molecule has 0 radical (unpaired) electrons. The van der Waals surface area contributed by atoms with Crippen LogP contribution in [-0.2, 0) is 0 Å². The van der Waals surface area contributed by atoms with E-state index in [2.05, 4.69) is 4.98 Å². The van der Waals surface area contributed by atoms with Crippen molar-refractivity contribution in [3.63, 3.8) is 0 Å². The second-order valence-corrected chi connectivity index (χ2v) is 2.78. The molecule has 3 heteroatoms. The average Bonchev–Trinajstić information content (AvgIpc) is 2.18. The van der Waals surface area contributed by atoms with Gasteiger partial charge in [0.05, 0.1) is 0 Å². The Hall–Kier alpha value is -2.08. The Kier molecular flexibility index (Phi) is 1.60. The number of phenolic OH excluding ortho intramolecular Hbond substituents is 1. The summed E-state index contributed by atoms with van der Waals surface area (Å²) in [6.45, 7) is 0. The Morgan fingerprint density at radius 1 is 1.15 bits per heavy atom. The predicted molar refractivity (Wildman–Crippen MR) is 50.4 cm³/mol. The molecule has 62 valence electrons. The highest BCUT2D eigenvalue weighted by Crippen LogP contribution is 2.27. The van der Waals surface area contributed by atoms with Crippen molar-refractivity contribution in [3.8, 4) is 5.75 Å². The third-order valence-electron chi connectivity index (χ3n) is 1.96. The molecule has 1 N–H and O–H groups in total. The molecule has 0 aliphatic heterocycles. The van der Waals surface area contributed by atoms with Gasteiger partial charge in [0.2, 0.25) is 5.39 Å². The fraction of sp³-hybridized carbons (Fsp3) is 0. The number of phenols is 1. The van der Waals surface area contributed by atoms with Crippen LogP contribution in [-0.4, -0.2) is 5.11 Å². The van der Waals surface area contributed by atoms with E-state index < -0.39 is 0 Å². The van der Waals surface area contributed by atoms with Crippen LogP contribution in [0, 0.1) is 5.39 Å². The third kappa shape index (κ3) is 1.18. The molecular weight excluding hydrogens is 164 g/mol. The van der Waals surface area contributed by atoms with E-state index in [-0.39, 0.29) is 5.75 Å². The van der Waals surface area contributed by atoms with Crippen LogP contribution in [0.2, 0.25) is 0 Å². The van der Waals surface area contributed by atoms with Crippen molar-refractivity contribution >= 4 is 16.5 Å². The summed E-state index contributed by atoms with van der Waals surface area (Å²) in [6, 6.07) is 10.4. The first-order valence-electron chi connectivity index (χ1n) is 3.88. The second kappa shape index (κ2) is 2.76. The molecule has 0 unspecified atom stereocenters. The summed E-state index contributed by atoms with van der Waals surface area (Å²) >= 11 is 0. The summed E-state index contributed by atoms with van der Waals surface area (Å²) < 4.78 is 0. The van der Waals surface area contributed by atoms with Gasteiger partial charge in [0.15, 0.2) is 4.98 Å². The molecule has 0 atom stereocenters. The van der Waals surface area contributed by atoms with Gasteiger partial charge in [0.1, 0.15) is 5.75 Å². The lowest BCUT2D eigenvalue weighted by Crippen LogP contribution is -1.72. The van der Waals surface area contributed by atoms with Gasteiger partial charge in [0.25, 0.3) is 0 Å². The monoisotopic (exact) mass is 171 g/mol. The Balaban J connectivity index is 2.84. The maximum Gasteiger partial charge on any atom is 0.385 e. The highest BCUT2D eigenvalue weighted by molar-refractivity contribution is 5.90. The van der Waals surface area contributed by atoms with E-state index in [1.54, 1.807) is 30.3 Å². The zero-order valence-electron chi connectivity index (χ0n) is 6.81. The lowest BCUT2D eigenvalue weighted by molar-refractivity contribution is 0.481. The van der Waals surface area contributed by atoms with Crippen molar-refractivity contribution in [2.24, 2.45) is 0 Å². The van der Waals surface area contributed by atoms with E-state index in [9.17, 15) is 5.11 Å². The number of benzene rings is 2. The van der Waals surface area contributed by atoms with Crippen LogP contribution in [0.3, 0.4) is 0 Å².